The predicted octanol–water partition coefficient (Wildman–Crippen LogP) is 3.33. The molecule has 1 fully saturated rings. The Morgan fingerprint density at radius 3 is 2.43 bits per heavy atom. The number of halogens is 4. The minimum absolute atomic E-state index is 0.109. The molecule has 1 aliphatic carbocycles. The van der Waals surface area contributed by atoms with Gasteiger partial charge in [0.1, 0.15) is 5.15 Å². The maximum atomic E-state index is 12.6. The molecule has 0 saturated heterocycles. The zero-order valence-electron chi connectivity index (χ0n) is 7.11. The van der Waals surface area contributed by atoms with Crippen molar-refractivity contribution in [3.05, 3.63) is 29.0 Å². The van der Waals surface area contributed by atoms with Gasteiger partial charge in [-0.1, -0.05) is 11.6 Å². The highest BCUT2D eigenvalue weighted by Gasteiger charge is 2.64. The van der Waals surface area contributed by atoms with Crippen molar-refractivity contribution < 1.29 is 13.2 Å². The molecule has 0 radical (unpaired) electrons. The number of hydrogen-bond donors (Lipinski definition) is 0. The van der Waals surface area contributed by atoms with Gasteiger partial charge in [0, 0.05) is 6.20 Å². The maximum absolute atomic E-state index is 12.6. The third-order valence-electron chi connectivity index (χ3n) is 2.57. The van der Waals surface area contributed by atoms with Crippen LogP contribution in [-0.4, -0.2) is 11.2 Å². The highest BCUT2D eigenvalue weighted by atomic mass is 35.5. The molecule has 0 amide bonds. The number of hydrogen-bond acceptors (Lipinski definition) is 1. The van der Waals surface area contributed by atoms with Crippen LogP contribution in [0.15, 0.2) is 18.3 Å². The number of rotatable bonds is 1. The molecule has 2 rings (SSSR count). The Kier molecular flexibility index (Phi) is 2.00. The Hall–Kier alpha value is -0.770. The van der Waals surface area contributed by atoms with Gasteiger partial charge in [0.25, 0.3) is 0 Å². The standard InChI is InChI=1S/C9H7ClF3N/c10-7-5-6(1-4-14-7)8(2-3-8)9(11,12)13/h1,4-5H,2-3H2. The molecule has 0 spiro atoms. The van der Waals surface area contributed by atoms with E-state index in [4.69, 9.17) is 11.6 Å². The number of pyridine rings is 1. The van der Waals surface area contributed by atoms with Crippen LogP contribution >= 0.6 is 11.6 Å². The highest BCUT2D eigenvalue weighted by molar-refractivity contribution is 6.29. The first-order valence-corrected chi connectivity index (χ1v) is 4.52. The maximum Gasteiger partial charge on any atom is 0.398 e. The molecule has 1 saturated carbocycles. The average molecular weight is 222 g/mol. The SMILES string of the molecule is FC(F)(F)C1(c2ccnc(Cl)c2)CC1. The van der Waals surface area contributed by atoms with Crippen LogP contribution in [0.3, 0.4) is 0 Å². The highest BCUT2D eigenvalue weighted by Crippen LogP contribution is 2.58. The summed E-state index contributed by atoms with van der Waals surface area (Å²) in [5, 5.41) is 0.109. The second-order valence-electron chi connectivity index (χ2n) is 3.45. The number of nitrogens with zero attached hydrogens (tertiary/aromatic N) is 1. The van der Waals surface area contributed by atoms with Crippen molar-refractivity contribution in [3.8, 4) is 0 Å². The minimum atomic E-state index is -4.18. The lowest BCUT2D eigenvalue weighted by Crippen LogP contribution is -2.28. The summed E-state index contributed by atoms with van der Waals surface area (Å²) in [5.74, 6) is 0. The molecule has 0 unspecified atom stereocenters. The van der Waals surface area contributed by atoms with Crippen molar-refractivity contribution >= 4 is 11.6 Å². The lowest BCUT2D eigenvalue weighted by atomic mass is 9.97. The molecular weight excluding hydrogens is 215 g/mol. The van der Waals surface area contributed by atoms with E-state index in [-0.39, 0.29) is 23.6 Å². The van der Waals surface area contributed by atoms with Gasteiger partial charge in [0.2, 0.25) is 0 Å². The molecule has 1 aliphatic rings. The van der Waals surface area contributed by atoms with Gasteiger partial charge in [-0.2, -0.15) is 13.2 Å². The third kappa shape index (κ3) is 1.38. The van der Waals surface area contributed by atoms with E-state index >= 15 is 0 Å². The van der Waals surface area contributed by atoms with E-state index in [1.54, 1.807) is 0 Å². The van der Waals surface area contributed by atoms with E-state index < -0.39 is 11.6 Å². The molecule has 1 heterocycles. The van der Waals surface area contributed by atoms with Crippen molar-refractivity contribution in [2.75, 3.05) is 0 Å². The molecule has 0 aromatic carbocycles. The van der Waals surface area contributed by atoms with E-state index in [0.29, 0.717) is 0 Å². The van der Waals surface area contributed by atoms with Gasteiger partial charge >= 0.3 is 6.18 Å². The summed E-state index contributed by atoms with van der Waals surface area (Å²) < 4.78 is 37.9. The van der Waals surface area contributed by atoms with Crippen molar-refractivity contribution in [1.82, 2.24) is 4.98 Å². The van der Waals surface area contributed by atoms with Gasteiger partial charge in [-0.25, -0.2) is 4.98 Å². The van der Waals surface area contributed by atoms with Gasteiger partial charge in [-0.3, -0.25) is 0 Å². The first-order valence-electron chi connectivity index (χ1n) is 4.14. The van der Waals surface area contributed by atoms with E-state index in [1.165, 1.54) is 18.3 Å². The molecule has 1 aromatic heterocycles. The van der Waals surface area contributed by atoms with Gasteiger partial charge in [-0.05, 0) is 30.5 Å². The van der Waals surface area contributed by atoms with Gasteiger partial charge in [0.15, 0.2) is 0 Å². The van der Waals surface area contributed by atoms with Crippen LogP contribution in [0.2, 0.25) is 5.15 Å². The Labute approximate surface area is 83.9 Å². The minimum Gasteiger partial charge on any atom is -0.245 e. The van der Waals surface area contributed by atoms with Crippen LogP contribution in [0.1, 0.15) is 18.4 Å². The predicted molar refractivity (Wildman–Crippen MR) is 46.2 cm³/mol. The fraction of sp³-hybridized carbons (Fsp3) is 0.444. The summed E-state index contributed by atoms with van der Waals surface area (Å²) in [6.07, 6.45) is -2.57. The normalized spacial score (nSPS) is 19.4. The molecule has 0 bridgehead atoms. The van der Waals surface area contributed by atoms with Crippen molar-refractivity contribution in [1.29, 1.82) is 0 Å². The molecule has 14 heavy (non-hydrogen) atoms. The van der Waals surface area contributed by atoms with Crippen LogP contribution < -0.4 is 0 Å². The molecular formula is C9H7ClF3N. The Balaban J connectivity index is 2.41. The van der Waals surface area contributed by atoms with E-state index in [2.05, 4.69) is 4.98 Å². The molecule has 0 atom stereocenters. The van der Waals surface area contributed by atoms with E-state index in [0.717, 1.165) is 0 Å². The average Bonchev–Trinajstić information content (AvgIpc) is 2.82. The second-order valence-corrected chi connectivity index (χ2v) is 3.83. The van der Waals surface area contributed by atoms with Gasteiger partial charge in [-0.15, -0.1) is 0 Å². The third-order valence-corrected chi connectivity index (χ3v) is 2.78. The van der Waals surface area contributed by atoms with Crippen LogP contribution in [0, 0.1) is 0 Å². The lowest BCUT2D eigenvalue weighted by molar-refractivity contribution is -0.160. The largest absolute Gasteiger partial charge is 0.398 e. The second kappa shape index (κ2) is 2.86. The van der Waals surface area contributed by atoms with Crippen LogP contribution in [-0.2, 0) is 5.41 Å². The molecule has 0 aliphatic heterocycles. The fourth-order valence-electron chi connectivity index (χ4n) is 1.56. The van der Waals surface area contributed by atoms with Crippen molar-refractivity contribution in [3.63, 3.8) is 0 Å². The molecule has 0 N–H and O–H groups in total. The van der Waals surface area contributed by atoms with Gasteiger partial charge < -0.3 is 0 Å². The first kappa shape index (κ1) is 9.77. The summed E-state index contributed by atoms with van der Waals surface area (Å²) in [5.41, 5.74) is -1.43. The lowest BCUT2D eigenvalue weighted by Gasteiger charge is -2.19. The Morgan fingerprint density at radius 2 is 2.00 bits per heavy atom. The number of alkyl halides is 3. The van der Waals surface area contributed by atoms with E-state index in [9.17, 15) is 13.2 Å². The molecule has 76 valence electrons. The van der Waals surface area contributed by atoms with Crippen LogP contribution in [0.5, 0.6) is 0 Å². The summed E-state index contributed by atoms with van der Waals surface area (Å²) in [6.45, 7) is 0. The Morgan fingerprint density at radius 1 is 1.36 bits per heavy atom. The zero-order chi connectivity index (χ0) is 10.4. The molecule has 1 nitrogen and oxygen atoms in total. The quantitative estimate of drug-likeness (QED) is 0.663. The summed E-state index contributed by atoms with van der Waals surface area (Å²) in [6, 6.07) is 2.68. The smallest absolute Gasteiger partial charge is 0.245 e. The zero-order valence-corrected chi connectivity index (χ0v) is 7.86. The van der Waals surface area contributed by atoms with Crippen molar-refractivity contribution in [2.24, 2.45) is 0 Å². The molecule has 1 aromatic rings. The van der Waals surface area contributed by atoms with Crippen LogP contribution in [0.4, 0.5) is 13.2 Å². The monoisotopic (exact) mass is 221 g/mol. The van der Waals surface area contributed by atoms with Crippen LogP contribution in [0.25, 0.3) is 0 Å². The summed E-state index contributed by atoms with van der Waals surface area (Å²) in [4.78, 5) is 3.66. The Bertz CT molecular complexity index is 357. The van der Waals surface area contributed by atoms with Gasteiger partial charge in [0.05, 0.1) is 5.41 Å². The summed E-state index contributed by atoms with van der Waals surface area (Å²) in [7, 11) is 0. The topological polar surface area (TPSA) is 12.9 Å². The molecule has 5 heteroatoms. The van der Waals surface area contributed by atoms with Crippen molar-refractivity contribution in [2.45, 2.75) is 24.4 Å². The summed E-state index contributed by atoms with van der Waals surface area (Å²) >= 11 is 5.55. The number of aromatic nitrogens is 1. The first-order chi connectivity index (χ1) is 6.46. The van der Waals surface area contributed by atoms with E-state index in [1.807, 2.05) is 0 Å². The fourth-order valence-corrected chi connectivity index (χ4v) is 1.73.